The van der Waals surface area contributed by atoms with Crippen molar-refractivity contribution in [1.82, 2.24) is 9.13 Å². The van der Waals surface area contributed by atoms with Gasteiger partial charge in [-0.2, -0.15) is 0 Å². The first-order valence-electron chi connectivity index (χ1n) is 39.4. The smallest absolute Gasteiger partial charge is 0.137 e. The number of anilines is 6. The lowest BCUT2D eigenvalue weighted by molar-refractivity contribution is 0.668. The molecule has 6 aromatic heterocycles. The van der Waals surface area contributed by atoms with Crippen molar-refractivity contribution in [3.8, 4) is 67.0 Å². The van der Waals surface area contributed by atoms with Crippen LogP contribution in [0.2, 0.25) is 0 Å². The highest BCUT2D eigenvalue weighted by Gasteiger charge is 2.25. The van der Waals surface area contributed by atoms with Crippen molar-refractivity contribution in [3.63, 3.8) is 0 Å². The van der Waals surface area contributed by atoms with Gasteiger partial charge in [-0.3, -0.25) is 0 Å². The maximum Gasteiger partial charge on any atom is 0.137 e. The molecule has 0 bridgehead atoms. The van der Waals surface area contributed by atoms with E-state index in [9.17, 15) is 0 Å². The summed E-state index contributed by atoms with van der Waals surface area (Å²) in [5, 5.41) is 14.3. The summed E-state index contributed by atoms with van der Waals surface area (Å²) in [6, 6.07) is 146. The Morgan fingerprint density at radius 1 is 0.190 bits per heavy atom. The number of benzene rings is 18. The van der Waals surface area contributed by atoms with Crippen LogP contribution in [-0.2, 0) is 0 Å². The third kappa shape index (κ3) is 10.7. The molecule has 116 heavy (non-hydrogen) atoms. The molecule has 24 aromatic rings. The molecule has 0 aliphatic rings. The van der Waals surface area contributed by atoms with Crippen LogP contribution in [0, 0.1) is 0 Å². The minimum absolute atomic E-state index is 0.831. The number of hydrogen-bond acceptors (Lipinski definition) is 6. The maximum absolute atomic E-state index is 6.93. The number of rotatable bonds is 13. The summed E-state index contributed by atoms with van der Waals surface area (Å²) in [4.78, 5) is 4.67. The summed E-state index contributed by atoms with van der Waals surface area (Å²) in [5.41, 5.74) is 28.4. The van der Waals surface area contributed by atoms with E-state index in [4.69, 9.17) is 8.83 Å². The van der Waals surface area contributed by atoms with E-state index in [1.165, 1.54) is 95.2 Å². The Bertz CT molecular complexity index is 8070. The SMILES string of the molecule is c1ccc(-c2ccc3c(c2)c2ccccc2n3-c2cc(-c3ccc(N(c4ccccc4)c4ccc5c(c4)oc4cc(-c6ccc(-c7ccc8c(c7)c7ccccc7n8-c7cc(-c8ccc(N(c9ccccc9)c9ccc%10oc%11ccccc%11c%10c9)cc8)c8sc9ccccc9c8c7)cc6)ccc45)cc3)c3sc4ccccc4c3c2)cc1. The molecule has 6 heterocycles. The number of furan rings is 2. The Kier molecular flexibility index (Phi) is 15.0. The molecule has 0 atom stereocenters. The van der Waals surface area contributed by atoms with Crippen molar-refractivity contribution in [2.75, 3.05) is 9.80 Å². The molecule has 0 aliphatic carbocycles. The van der Waals surface area contributed by atoms with E-state index in [0.29, 0.717) is 0 Å². The Morgan fingerprint density at radius 2 is 0.543 bits per heavy atom. The zero-order valence-corrected chi connectivity index (χ0v) is 64.2. The van der Waals surface area contributed by atoms with E-state index in [-0.39, 0.29) is 0 Å². The summed E-state index contributed by atoms with van der Waals surface area (Å²) < 4.78 is 23.2. The van der Waals surface area contributed by atoms with Crippen molar-refractivity contribution >= 4 is 185 Å². The molecule has 6 nitrogen and oxygen atoms in total. The molecule has 24 rings (SSSR count). The molecular formula is C108H66N4O2S2. The topological polar surface area (TPSA) is 42.6 Å². The number of para-hydroxylation sites is 5. The molecule has 0 fully saturated rings. The van der Waals surface area contributed by atoms with Gasteiger partial charge in [0.05, 0.1) is 22.1 Å². The van der Waals surface area contributed by atoms with Crippen LogP contribution < -0.4 is 9.80 Å². The van der Waals surface area contributed by atoms with Gasteiger partial charge in [-0.25, -0.2) is 0 Å². The summed E-state index contributed by atoms with van der Waals surface area (Å²) in [5.74, 6) is 0. The van der Waals surface area contributed by atoms with E-state index in [0.717, 1.165) is 134 Å². The van der Waals surface area contributed by atoms with Crippen LogP contribution in [0.15, 0.2) is 409 Å². The molecule has 0 saturated heterocycles. The molecule has 8 heteroatoms. The molecule has 542 valence electrons. The van der Waals surface area contributed by atoms with Gasteiger partial charge in [0.15, 0.2) is 0 Å². The predicted molar refractivity (Wildman–Crippen MR) is 492 cm³/mol. The van der Waals surface area contributed by atoms with Crippen LogP contribution in [0.1, 0.15) is 0 Å². The Morgan fingerprint density at radius 3 is 1.09 bits per heavy atom. The highest BCUT2D eigenvalue weighted by Crippen LogP contribution is 2.50. The van der Waals surface area contributed by atoms with Crippen LogP contribution in [0.5, 0.6) is 0 Å². The lowest BCUT2D eigenvalue weighted by Gasteiger charge is -2.25. The van der Waals surface area contributed by atoms with Crippen molar-refractivity contribution in [3.05, 3.63) is 400 Å². The zero-order chi connectivity index (χ0) is 76.1. The first kappa shape index (κ1) is 65.9. The predicted octanol–water partition coefficient (Wildman–Crippen LogP) is 31.7. The van der Waals surface area contributed by atoms with Gasteiger partial charge >= 0.3 is 0 Å². The average molecular weight is 1520 g/mol. The normalized spacial score (nSPS) is 12.0. The summed E-state index contributed by atoms with van der Waals surface area (Å²) in [6.07, 6.45) is 0. The van der Waals surface area contributed by atoms with E-state index < -0.39 is 0 Å². The van der Waals surface area contributed by atoms with E-state index in [1.54, 1.807) is 0 Å². The minimum Gasteiger partial charge on any atom is -0.456 e. The van der Waals surface area contributed by atoms with Gasteiger partial charge in [0, 0.05) is 146 Å². The minimum atomic E-state index is 0.831. The van der Waals surface area contributed by atoms with Gasteiger partial charge in [0.1, 0.15) is 22.3 Å². The lowest BCUT2D eigenvalue weighted by Crippen LogP contribution is -2.09. The van der Waals surface area contributed by atoms with Crippen molar-refractivity contribution in [2.24, 2.45) is 0 Å². The third-order valence-electron chi connectivity index (χ3n) is 23.7. The highest BCUT2D eigenvalue weighted by atomic mass is 32.1. The summed E-state index contributed by atoms with van der Waals surface area (Å²) in [7, 11) is 0. The second-order valence-corrected chi connectivity index (χ2v) is 32.4. The largest absolute Gasteiger partial charge is 0.456 e. The van der Waals surface area contributed by atoms with Gasteiger partial charge in [0.25, 0.3) is 0 Å². The first-order chi connectivity index (χ1) is 57.5. The van der Waals surface area contributed by atoms with E-state index >= 15 is 0 Å². The molecular weight excluding hydrogens is 1450 g/mol. The van der Waals surface area contributed by atoms with Gasteiger partial charge in [0.2, 0.25) is 0 Å². The lowest BCUT2D eigenvalue weighted by atomic mass is 9.98. The second-order valence-electron chi connectivity index (χ2n) is 30.3. The Balaban J connectivity index is 0.541. The molecule has 18 aromatic carbocycles. The van der Waals surface area contributed by atoms with Gasteiger partial charge in [-0.05, 0) is 214 Å². The Labute approximate surface area is 674 Å². The van der Waals surface area contributed by atoms with Crippen LogP contribution in [0.4, 0.5) is 34.1 Å². The fourth-order valence-corrected chi connectivity index (χ4v) is 20.7. The van der Waals surface area contributed by atoms with Crippen LogP contribution in [-0.4, -0.2) is 9.13 Å². The average Bonchev–Trinajstić information content (AvgIpc) is 1.57. The maximum atomic E-state index is 6.93. The second kappa shape index (κ2) is 26.4. The van der Waals surface area contributed by atoms with E-state index in [2.05, 4.69) is 407 Å². The van der Waals surface area contributed by atoms with Crippen LogP contribution in [0.3, 0.4) is 0 Å². The molecule has 0 amide bonds. The molecule has 0 aliphatic heterocycles. The molecule has 0 unspecified atom stereocenters. The van der Waals surface area contributed by atoms with Gasteiger partial charge in [-0.15, -0.1) is 22.7 Å². The van der Waals surface area contributed by atoms with Gasteiger partial charge < -0.3 is 27.8 Å². The van der Waals surface area contributed by atoms with Crippen molar-refractivity contribution in [1.29, 1.82) is 0 Å². The number of fused-ring (bicyclic) bond motifs is 18. The first-order valence-corrected chi connectivity index (χ1v) is 41.0. The highest BCUT2D eigenvalue weighted by molar-refractivity contribution is 7.26. The Hall–Kier alpha value is -14.8. The summed E-state index contributed by atoms with van der Waals surface area (Å²) >= 11 is 3.74. The number of hydrogen-bond donors (Lipinski definition) is 0. The summed E-state index contributed by atoms with van der Waals surface area (Å²) in [6.45, 7) is 0. The van der Waals surface area contributed by atoms with Crippen LogP contribution in [0.25, 0.3) is 195 Å². The third-order valence-corrected chi connectivity index (χ3v) is 26.1. The molecule has 0 spiro atoms. The van der Waals surface area contributed by atoms with Crippen molar-refractivity contribution in [2.45, 2.75) is 0 Å². The fraction of sp³-hybridized carbons (Fsp3) is 0. The molecule has 0 N–H and O–H groups in total. The van der Waals surface area contributed by atoms with Crippen molar-refractivity contribution < 1.29 is 8.83 Å². The zero-order valence-electron chi connectivity index (χ0n) is 62.5. The number of thiophene rings is 2. The molecule has 0 saturated carbocycles. The van der Waals surface area contributed by atoms with E-state index in [1.807, 2.05) is 34.8 Å². The molecule has 0 radical (unpaired) electrons. The quantitative estimate of drug-likeness (QED) is 0.115. The monoisotopic (exact) mass is 1510 g/mol. The standard InChI is InChI=1S/C108H66N4O2S2/c1-4-20-67(21-5-1)72-45-55-99-92(58-72)83-26-10-15-31-97(83)111(99)81-62-91(108-95(64-81)88-29-13-19-35-106(88)116-108)71-42-49-78(50-43-71)110(76-24-8-3-9-25-76)80-51-54-87-86-53-44-74(60-103(86)114-104(87)66-80)69-38-36-68(37-39-69)73-46-56-100-93(59-73)84-27-11-16-32-98(84)112(100)82-63-90(107-96(65-82)89-30-14-18-34-105(89)115-107)70-40-47-77(48-41-70)109(75-22-6-2-7-23-75)79-52-57-102-94(61-79)85-28-12-17-33-101(85)113-102/h1-66H. The number of nitrogens with zero attached hydrogens (tertiary/aromatic N) is 4. The fourth-order valence-electron chi connectivity index (χ4n) is 18.2. The van der Waals surface area contributed by atoms with Gasteiger partial charge in [-0.1, -0.05) is 224 Å². The van der Waals surface area contributed by atoms with Crippen LogP contribution >= 0.6 is 22.7 Å². The number of aromatic nitrogens is 2.